The van der Waals surface area contributed by atoms with E-state index in [0.29, 0.717) is 12.1 Å². The fraction of sp³-hybridized carbons (Fsp3) is 0.538. The summed E-state index contributed by atoms with van der Waals surface area (Å²) in [4.78, 5) is 2.08. The Morgan fingerprint density at radius 1 is 1.39 bits per heavy atom. The molecular formula is C13H17F3N2. The summed E-state index contributed by atoms with van der Waals surface area (Å²) in [5.41, 5.74) is 5.82. The predicted octanol–water partition coefficient (Wildman–Crippen LogP) is 2.66. The van der Waals surface area contributed by atoms with Gasteiger partial charge in [-0.2, -0.15) is 13.2 Å². The molecule has 1 aliphatic heterocycles. The topological polar surface area (TPSA) is 29.3 Å². The van der Waals surface area contributed by atoms with Gasteiger partial charge in [-0.15, -0.1) is 0 Å². The van der Waals surface area contributed by atoms with Crippen LogP contribution in [0.1, 0.15) is 23.6 Å². The Morgan fingerprint density at radius 2 is 2.11 bits per heavy atom. The first-order valence-electron chi connectivity index (χ1n) is 6.01. The Hall–Kier alpha value is -1.07. The molecule has 100 valence electrons. The van der Waals surface area contributed by atoms with Crippen LogP contribution in [-0.2, 0) is 6.18 Å². The first kappa shape index (κ1) is 13.4. The Bertz CT molecular complexity index is 417. The number of hydrogen-bond acceptors (Lipinski definition) is 2. The smallest absolute Gasteiger partial charge is 0.330 e. The largest absolute Gasteiger partial charge is 0.416 e. The van der Waals surface area contributed by atoms with Gasteiger partial charge < -0.3 is 5.73 Å². The molecule has 18 heavy (non-hydrogen) atoms. The number of nitrogens with two attached hydrogens (primary N) is 1. The molecule has 0 radical (unpaired) electrons. The molecule has 2 nitrogen and oxygen atoms in total. The van der Waals surface area contributed by atoms with Crippen molar-refractivity contribution in [1.82, 2.24) is 4.90 Å². The third kappa shape index (κ3) is 2.52. The van der Waals surface area contributed by atoms with E-state index in [0.717, 1.165) is 19.0 Å². The van der Waals surface area contributed by atoms with Crippen LogP contribution >= 0.6 is 0 Å². The second-order valence-electron chi connectivity index (χ2n) is 4.83. The summed E-state index contributed by atoms with van der Waals surface area (Å²) in [6, 6.07) is 5.57. The van der Waals surface area contributed by atoms with Crippen molar-refractivity contribution in [2.75, 3.05) is 20.1 Å². The molecule has 2 N–H and O–H groups in total. The molecule has 5 heteroatoms. The molecule has 0 aliphatic carbocycles. The average molecular weight is 258 g/mol. The fourth-order valence-corrected chi connectivity index (χ4v) is 2.70. The molecule has 2 unspecified atom stereocenters. The van der Waals surface area contributed by atoms with Crippen LogP contribution in [0.4, 0.5) is 13.2 Å². The molecule has 1 aromatic rings. The molecule has 0 spiro atoms. The van der Waals surface area contributed by atoms with Crippen LogP contribution in [0.15, 0.2) is 24.3 Å². The lowest BCUT2D eigenvalue weighted by atomic mass is 9.93. The van der Waals surface area contributed by atoms with E-state index >= 15 is 0 Å². The molecule has 1 saturated heterocycles. The van der Waals surface area contributed by atoms with Gasteiger partial charge in [0.2, 0.25) is 0 Å². The van der Waals surface area contributed by atoms with Gasteiger partial charge in [0.05, 0.1) is 5.56 Å². The van der Waals surface area contributed by atoms with E-state index < -0.39 is 11.7 Å². The van der Waals surface area contributed by atoms with Crippen LogP contribution in [0.25, 0.3) is 0 Å². The van der Waals surface area contributed by atoms with E-state index in [-0.39, 0.29) is 12.0 Å². The Labute approximate surface area is 105 Å². The Kier molecular flexibility index (Phi) is 3.64. The highest BCUT2D eigenvalue weighted by atomic mass is 19.4. The first-order chi connectivity index (χ1) is 8.43. The van der Waals surface area contributed by atoms with Gasteiger partial charge in [0.1, 0.15) is 0 Å². The monoisotopic (exact) mass is 258 g/mol. The summed E-state index contributed by atoms with van der Waals surface area (Å²) in [5, 5.41) is 0. The van der Waals surface area contributed by atoms with Gasteiger partial charge in [-0.1, -0.05) is 12.1 Å². The van der Waals surface area contributed by atoms with Gasteiger partial charge >= 0.3 is 6.18 Å². The van der Waals surface area contributed by atoms with Crippen molar-refractivity contribution in [3.63, 3.8) is 0 Å². The Morgan fingerprint density at radius 3 is 2.72 bits per heavy atom. The van der Waals surface area contributed by atoms with Crippen LogP contribution in [-0.4, -0.2) is 25.0 Å². The van der Waals surface area contributed by atoms with Gasteiger partial charge in [0.15, 0.2) is 0 Å². The van der Waals surface area contributed by atoms with E-state index in [9.17, 15) is 13.2 Å². The number of hydrogen-bond donors (Lipinski definition) is 1. The van der Waals surface area contributed by atoms with E-state index in [4.69, 9.17) is 5.73 Å². The lowest BCUT2D eigenvalue weighted by Crippen LogP contribution is -2.25. The summed E-state index contributed by atoms with van der Waals surface area (Å²) >= 11 is 0. The number of alkyl halides is 3. The van der Waals surface area contributed by atoms with Gasteiger partial charge in [0.25, 0.3) is 0 Å². The molecule has 2 atom stereocenters. The van der Waals surface area contributed by atoms with Gasteiger partial charge in [0, 0.05) is 6.04 Å². The van der Waals surface area contributed by atoms with Gasteiger partial charge in [-0.3, -0.25) is 4.90 Å². The van der Waals surface area contributed by atoms with Gasteiger partial charge in [-0.25, -0.2) is 0 Å². The summed E-state index contributed by atoms with van der Waals surface area (Å²) in [6.45, 7) is 1.38. The van der Waals surface area contributed by atoms with E-state index in [1.54, 1.807) is 6.07 Å². The maximum Gasteiger partial charge on any atom is 0.416 e. The molecule has 0 amide bonds. The highest BCUT2D eigenvalue weighted by Crippen LogP contribution is 2.38. The number of benzene rings is 1. The maximum absolute atomic E-state index is 12.7. The standard InChI is InChI=1S/C13H17F3N2/c1-18-6-5-10(8-17)12(18)9-3-2-4-11(7-9)13(14,15)16/h2-4,7,10,12H,5-6,8,17H2,1H3. The van der Waals surface area contributed by atoms with Crippen LogP contribution in [0.2, 0.25) is 0 Å². The molecule has 1 aliphatic rings. The molecule has 2 rings (SSSR count). The normalized spacial score (nSPS) is 25.6. The van der Waals surface area contributed by atoms with Crippen molar-refractivity contribution in [2.24, 2.45) is 11.7 Å². The summed E-state index contributed by atoms with van der Waals surface area (Å²) in [5.74, 6) is 0.235. The molecule has 0 bridgehead atoms. The van der Waals surface area contributed by atoms with Crippen LogP contribution < -0.4 is 5.73 Å². The average Bonchev–Trinajstić information content (AvgIpc) is 2.69. The van der Waals surface area contributed by atoms with Crippen molar-refractivity contribution in [3.05, 3.63) is 35.4 Å². The molecule has 1 heterocycles. The lowest BCUT2D eigenvalue weighted by molar-refractivity contribution is -0.137. The Balaban J connectivity index is 2.33. The number of likely N-dealkylation sites (tertiary alicyclic amines) is 1. The van der Waals surface area contributed by atoms with Crippen molar-refractivity contribution in [1.29, 1.82) is 0 Å². The SMILES string of the molecule is CN1CCC(CN)C1c1cccc(C(F)(F)F)c1. The molecule has 0 saturated carbocycles. The highest BCUT2D eigenvalue weighted by Gasteiger charge is 2.35. The zero-order valence-electron chi connectivity index (χ0n) is 10.2. The van der Waals surface area contributed by atoms with Crippen molar-refractivity contribution in [3.8, 4) is 0 Å². The quantitative estimate of drug-likeness (QED) is 0.883. The molecule has 0 aromatic heterocycles. The second-order valence-corrected chi connectivity index (χ2v) is 4.83. The number of rotatable bonds is 2. The third-order valence-corrected chi connectivity index (χ3v) is 3.63. The van der Waals surface area contributed by atoms with E-state index in [2.05, 4.69) is 4.90 Å². The fourth-order valence-electron chi connectivity index (χ4n) is 2.70. The van der Waals surface area contributed by atoms with Crippen LogP contribution in [0.5, 0.6) is 0 Å². The lowest BCUT2D eigenvalue weighted by Gasteiger charge is -2.25. The third-order valence-electron chi connectivity index (χ3n) is 3.63. The maximum atomic E-state index is 12.7. The van der Waals surface area contributed by atoms with Crippen molar-refractivity contribution >= 4 is 0 Å². The zero-order chi connectivity index (χ0) is 13.3. The van der Waals surface area contributed by atoms with Crippen LogP contribution in [0.3, 0.4) is 0 Å². The van der Waals surface area contributed by atoms with Gasteiger partial charge in [-0.05, 0) is 50.2 Å². The minimum absolute atomic E-state index is 0.00250. The predicted molar refractivity (Wildman–Crippen MR) is 64.0 cm³/mol. The minimum atomic E-state index is -4.29. The second kappa shape index (κ2) is 4.90. The van der Waals surface area contributed by atoms with E-state index in [1.807, 2.05) is 7.05 Å². The van der Waals surface area contributed by atoms with Crippen molar-refractivity contribution < 1.29 is 13.2 Å². The molecule has 1 aromatic carbocycles. The summed E-state index contributed by atoms with van der Waals surface area (Å²) in [6.07, 6.45) is -3.35. The van der Waals surface area contributed by atoms with E-state index in [1.165, 1.54) is 12.1 Å². The summed E-state index contributed by atoms with van der Waals surface area (Å²) in [7, 11) is 1.93. The molecule has 1 fully saturated rings. The molecular weight excluding hydrogens is 241 g/mol. The summed E-state index contributed by atoms with van der Waals surface area (Å²) < 4.78 is 38.1. The van der Waals surface area contributed by atoms with Crippen LogP contribution in [0, 0.1) is 5.92 Å². The number of nitrogens with zero attached hydrogens (tertiary/aromatic N) is 1. The highest BCUT2D eigenvalue weighted by molar-refractivity contribution is 5.29. The zero-order valence-corrected chi connectivity index (χ0v) is 10.2. The van der Waals surface area contributed by atoms with Crippen molar-refractivity contribution in [2.45, 2.75) is 18.6 Å². The minimum Gasteiger partial charge on any atom is -0.330 e. The first-order valence-corrected chi connectivity index (χ1v) is 6.01. The number of halogens is 3.